The molecule has 0 amide bonds. The molecule has 0 bridgehead atoms. The van der Waals surface area contributed by atoms with E-state index in [1.807, 2.05) is 0 Å². The lowest BCUT2D eigenvalue weighted by atomic mass is 10.2. The van der Waals surface area contributed by atoms with Crippen molar-refractivity contribution in [3.8, 4) is 0 Å². The molecule has 3 N–H and O–H groups in total. The summed E-state index contributed by atoms with van der Waals surface area (Å²) in [6, 6.07) is 1.87. The Balaban J connectivity index is 2.72. The Bertz CT molecular complexity index is 567. The van der Waals surface area contributed by atoms with Crippen molar-refractivity contribution in [1.82, 2.24) is 4.72 Å². The minimum atomic E-state index is -4.17. The van der Waals surface area contributed by atoms with Crippen molar-refractivity contribution in [2.75, 3.05) is 33.5 Å². The van der Waals surface area contributed by atoms with Crippen molar-refractivity contribution >= 4 is 10.0 Å². The predicted octanol–water partition coefficient (Wildman–Crippen LogP) is 0.365. The highest BCUT2D eigenvalue weighted by atomic mass is 32.2. The van der Waals surface area contributed by atoms with E-state index < -0.39 is 26.6 Å². The second kappa shape index (κ2) is 8.35. The van der Waals surface area contributed by atoms with E-state index in [0.29, 0.717) is 13.2 Å². The summed E-state index contributed by atoms with van der Waals surface area (Å²) in [5.41, 5.74) is 5.50. The average Bonchev–Trinajstić information content (AvgIpc) is 2.45. The van der Waals surface area contributed by atoms with Crippen molar-refractivity contribution in [1.29, 1.82) is 0 Å². The SMILES string of the molecule is COCCOCCNS(=O)(=O)c1cc(CN)cc(F)c1F. The standard InChI is InChI=1S/C12H18F2N2O4S/c1-19-4-5-20-3-2-16-21(17,18)11-7-9(8-15)6-10(13)12(11)14/h6-7,16H,2-5,8,15H2,1H3. The summed E-state index contributed by atoms with van der Waals surface area (Å²) in [7, 11) is -2.66. The number of nitrogens with two attached hydrogens (primary N) is 1. The van der Waals surface area contributed by atoms with Crippen LogP contribution in [0.1, 0.15) is 5.56 Å². The van der Waals surface area contributed by atoms with Crippen LogP contribution in [0.5, 0.6) is 0 Å². The number of rotatable bonds is 9. The van der Waals surface area contributed by atoms with Gasteiger partial charge in [0.25, 0.3) is 0 Å². The van der Waals surface area contributed by atoms with Gasteiger partial charge >= 0.3 is 0 Å². The predicted molar refractivity (Wildman–Crippen MR) is 72.1 cm³/mol. The number of methoxy groups -OCH3 is 1. The molecule has 0 saturated carbocycles. The third-order valence-corrected chi connectivity index (χ3v) is 4.01. The largest absolute Gasteiger partial charge is 0.382 e. The number of nitrogens with one attached hydrogen (secondary N) is 1. The molecule has 0 radical (unpaired) electrons. The van der Waals surface area contributed by atoms with Crippen molar-refractivity contribution in [3.05, 3.63) is 29.3 Å². The van der Waals surface area contributed by atoms with Crippen LogP contribution >= 0.6 is 0 Å². The van der Waals surface area contributed by atoms with Crippen LogP contribution in [0.15, 0.2) is 17.0 Å². The van der Waals surface area contributed by atoms with Gasteiger partial charge < -0.3 is 15.2 Å². The smallest absolute Gasteiger partial charge is 0.243 e. The van der Waals surface area contributed by atoms with Crippen LogP contribution in [0.25, 0.3) is 0 Å². The molecule has 0 saturated heterocycles. The zero-order chi connectivity index (χ0) is 15.9. The number of benzene rings is 1. The Morgan fingerprint density at radius 1 is 1.24 bits per heavy atom. The molecule has 1 aromatic rings. The van der Waals surface area contributed by atoms with Crippen LogP contribution in [0, 0.1) is 11.6 Å². The van der Waals surface area contributed by atoms with E-state index >= 15 is 0 Å². The van der Waals surface area contributed by atoms with E-state index in [1.54, 1.807) is 0 Å². The molecule has 0 aromatic heterocycles. The molecule has 1 aromatic carbocycles. The van der Waals surface area contributed by atoms with Gasteiger partial charge in [0.1, 0.15) is 4.90 Å². The first-order chi connectivity index (χ1) is 9.92. The molecule has 21 heavy (non-hydrogen) atoms. The molecule has 1 rings (SSSR count). The van der Waals surface area contributed by atoms with Crippen molar-refractivity contribution in [3.63, 3.8) is 0 Å². The number of halogens is 2. The summed E-state index contributed by atoms with van der Waals surface area (Å²) >= 11 is 0. The number of ether oxygens (including phenoxy) is 2. The van der Waals surface area contributed by atoms with Gasteiger partial charge in [0.05, 0.1) is 19.8 Å². The van der Waals surface area contributed by atoms with Gasteiger partial charge in [0.2, 0.25) is 10.0 Å². The minimum absolute atomic E-state index is 0.0695. The lowest BCUT2D eigenvalue weighted by Gasteiger charge is -2.10. The van der Waals surface area contributed by atoms with E-state index in [1.165, 1.54) is 7.11 Å². The Morgan fingerprint density at radius 2 is 1.95 bits per heavy atom. The third kappa shape index (κ3) is 5.29. The van der Waals surface area contributed by atoms with E-state index in [4.69, 9.17) is 15.2 Å². The van der Waals surface area contributed by atoms with E-state index in [2.05, 4.69) is 4.72 Å². The lowest BCUT2D eigenvalue weighted by molar-refractivity contribution is 0.0736. The van der Waals surface area contributed by atoms with Gasteiger partial charge in [-0.05, 0) is 17.7 Å². The second-order valence-corrected chi connectivity index (χ2v) is 5.83. The Labute approximate surface area is 122 Å². The van der Waals surface area contributed by atoms with Crippen molar-refractivity contribution < 1.29 is 26.7 Å². The fraction of sp³-hybridized carbons (Fsp3) is 0.500. The molecular formula is C12H18F2N2O4S. The number of hydrogen-bond acceptors (Lipinski definition) is 5. The molecule has 0 unspecified atom stereocenters. The van der Waals surface area contributed by atoms with Gasteiger partial charge in [-0.3, -0.25) is 0 Å². The number of sulfonamides is 1. The summed E-state index contributed by atoms with van der Waals surface area (Å²) in [5.74, 6) is -2.69. The molecule has 120 valence electrons. The first-order valence-corrected chi connectivity index (χ1v) is 7.65. The summed E-state index contributed by atoms with van der Waals surface area (Å²) < 4.78 is 62.7. The van der Waals surface area contributed by atoms with Gasteiger partial charge in [-0.1, -0.05) is 0 Å². The van der Waals surface area contributed by atoms with Gasteiger partial charge in [-0.25, -0.2) is 21.9 Å². The molecule has 0 aliphatic rings. The monoisotopic (exact) mass is 324 g/mol. The fourth-order valence-corrected chi connectivity index (χ4v) is 2.65. The fourth-order valence-electron chi connectivity index (χ4n) is 1.50. The van der Waals surface area contributed by atoms with Crippen molar-refractivity contribution in [2.24, 2.45) is 5.73 Å². The van der Waals surface area contributed by atoms with Crippen LogP contribution in [-0.4, -0.2) is 41.9 Å². The highest BCUT2D eigenvalue weighted by molar-refractivity contribution is 7.89. The van der Waals surface area contributed by atoms with Crippen LogP contribution in [-0.2, 0) is 26.0 Å². The maximum Gasteiger partial charge on any atom is 0.243 e. The summed E-state index contributed by atoms with van der Waals surface area (Å²) in [4.78, 5) is -0.764. The molecule has 0 spiro atoms. The van der Waals surface area contributed by atoms with Crippen LogP contribution in [0.3, 0.4) is 0 Å². The Kier molecular flexibility index (Phi) is 7.12. The minimum Gasteiger partial charge on any atom is -0.382 e. The van der Waals surface area contributed by atoms with Gasteiger partial charge in [-0.2, -0.15) is 0 Å². The lowest BCUT2D eigenvalue weighted by Crippen LogP contribution is -2.29. The highest BCUT2D eigenvalue weighted by Gasteiger charge is 2.22. The summed E-state index contributed by atoms with van der Waals surface area (Å²) in [6.07, 6.45) is 0. The topological polar surface area (TPSA) is 90.6 Å². The summed E-state index contributed by atoms with van der Waals surface area (Å²) in [6.45, 7) is 0.609. The second-order valence-electron chi connectivity index (χ2n) is 4.10. The van der Waals surface area contributed by atoms with Gasteiger partial charge in [0, 0.05) is 20.2 Å². The normalized spacial score (nSPS) is 11.8. The van der Waals surface area contributed by atoms with Gasteiger partial charge in [-0.15, -0.1) is 0 Å². The molecule has 6 nitrogen and oxygen atoms in total. The molecule has 0 aliphatic carbocycles. The molecule has 0 atom stereocenters. The average molecular weight is 324 g/mol. The van der Waals surface area contributed by atoms with Crippen molar-refractivity contribution in [2.45, 2.75) is 11.4 Å². The van der Waals surface area contributed by atoms with Crippen LogP contribution < -0.4 is 10.5 Å². The Hall–Kier alpha value is -1.13. The highest BCUT2D eigenvalue weighted by Crippen LogP contribution is 2.19. The quantitative estimate of drug-likeness (QED) is 0.640. The third-order valence-electron chi connectivity index (χ3n) is 2.55. The maximum atomic E-state index is 13.6. The molecule has 0 heterocycles. The zero-order valence-electron chi connectivity index (χ0n) is 11.6. The van der Waals surface area contributed by atoms with E-state index in [-0.39, 0.29) is 25.3 Å². The van der Waals surface area contributed by atoms with Crippen LogP contribution in [0.4, 0.5) is 8.78 Å². The first-order valence-electron chi connectivity index (χ1n) is 6.16. The summed E-state index contributed by atoms with van der Waals surface area (Å²) in [5, 5.41) is 0. The molecular weight excluding hydrogens is 306 g/mol. The van der Waals surface area contributed by atoms with E-state index in [9.17, 15) is 17.2 Å². The molecule has 0 fully saturated rings. The van der Waals surface area contributed by atoms with Gasteiger partial charge in [0.15, 0.2) is 11.6 Å². The maximum absolute atomic E-state index is 13.6. The van der Waals surface area contributed by atoms with Crippen LogP contribution in [0.2, 0.25) is 0 Å². The molecule has 0 aliphatic heterocycles. The number of hydrogen-bond donors (Lipinski definition) is 2. The first kappa shape index (κ1) is 17.9. The van der Waals surface area contributed by atoms with E-state index in [0.717, 1.165) is 12.1 Å². The Morgan fingerprint density at radius 3 is 2.57 bits per heavy atom. The molecule has 9 heteroatoms. The zero-order valence-corrected chi connectivity index (χ0v) is 12.4.